The molecule has 0 aromatic heterocycles. The molecule has 1 aromatic carbocycles. The van der Waals surface area contributed by atoms with Crippen molar-refractivity contribution in [1.29, 1.82) is 0 Å². The highest BCUT2D eigenvalue weighted by atomic mass is 32.2. The lowest BCUT2D eigenvalue weighted by Crippen LogP contribution is -2.32. The van der Waals surface area contributed by atoms with Crippen LogP contribution in [0.15, 0.2) is 23.1 Å². The summed E-state index contributed by atoms with van der Waals surface area (Å²) < 4.78 is 12.9. The molecule has 0 saturated carbocycles. The van der Waals surface area contributed by atoms with Crippen molar-refractivity contribution in [2.75, 3.05) is 12.3 Å². The number of benzene rings is 1. The summed E-state index contributed by atoms with van der Waals surface area (Å²) in [5, 5.41) is 2.64. The van der Waals surface area contributed by atoms with Crippen LogP contribution in [0.25, 0.3) is 0 Å². The van der Waals surface area contributed by atoms with Crippen molar-refractivity contribution in [2.24, 2.45) is 5.92 Å². The van der Waals surface area contributed by atoms with Gasteiger partial charge in [-0.2, -0.15) is 0 Å². The van der Waals surface area contributed by atoms with Crippen LogP contribution in [0.2, 0.25) is 0 Å². The number of carbonyl (C=O) groups excluding carboxylic acids is 1. The monoisotopic (exact) mass is 284 g/mol. The van der Waals surface area contributed by atoms with Crippen molar-refractivity contribution in [3.63, 3.8) is 0 Å². The number of anilines is 1. The molecular formula is C14H21FN2OS. The number of nitrogens with two attached hydrogens (primary N) is 1. The Morgan fingerprint density at radius 2 is 2.11 bits per heavy atom. The van der Waals surface area contributed by atoms with Gasteiger partial charge in [-0.25, -0.2) is 4.39 Å². The minimum Gasteiger partial charge on any atom is -0.398 e. The molecule has 3 N–H and O–H groups in total. The molecule has 1 aromatic rings. The maximum atomic E-state index is 12.9. The molecule has 1 unspecified atom stereocenters. The summed E-state index contributed by atoms with van der Waals surface area (Å²) in [6.45, 7) is 6.73. The molecule has 1 rings (SSSR count). The van der Waals surface area contributed by atoms with Gasteiger partial charge in [0.2, 0.25) is 5.91 Å². The van der Waals surface area contributed by atoms with Gasteiger partial charge < -0.3 is 11.1 Å². The second-order valence-electron chi connectivity index (χ2n) is 4.92. The molecule has 0 saturated heterocycles. The summed E-state index contributed by atoms with van der Waals surface area (Å²) in [7, 11) is 0. The van der Waals surface area contributed by atoms with Gasteiger partial charge in [-0.1, -0.05) is 13.8 Å². The number of hydrogen-bond donors (Lipinski definition) is 2. The number of nitrogens with one attached hydrogen (secondary N) is 1. The van der Waals surface area contributed by atoms with Crippen LogP contribution >= 0.6 is 11.8 Å². The van der Waals surface area contributed by atoms with E-state index in [4.69, 9.17) is 5.73 Å². The van der Waals surface area contributed by atoms with Gasteiger partial charge in [-0.15, -0.1) is 11.8 Å². The van der Waals surface area contributed by atoms with Crippen molar-refractivity contribution in [3.05, 3.63) is 24.0 Å². The Bertz CT molecular complexity index is 437. The minimum atomic E-state index is -0.365. The summed E-state index contributed by atoms with van der Waals surface area (Å²) in [4.78, 5) is 12.6. The lowest BCUT2D eigenvalue weighted by molar-refractivity contribution is -0.120. The summed E-state index contributed by atoms with van der Waals surface area (Å²) in [6, 6.07) is 4.22. The molecule has 0 bridgehead atoms. The Hall–Kier alpha value is -1.23. The van der Waals surface area contributed by atoms with E-state index in [1.165, 1.54) is 23.9 Å². The largest absolute Gasteiger partial charge is 0.398 e. The summed E-state index contributed by atoms with van der Waals surface area (Å²) >= 11 is 1.34. The average Bonchev–Trinajstić information content (AvgIpc) is 2.32. The Labute approximate surface area is 118 Å². The zero-order valence-corrected chi connectivity index (χ0v) is 12.4. The van der Waals surface area contributed by atoms with Gasteiger partial charge in [0.05, 0.1) is 5.25 Å². The first-order chi connectivity index (χ1) is 8.90. The second-order valence-corrected chi connectivity index (χ2v) is 6.30. The maximum absolute atomic E-state index is 12.9. The van der Waals surface area contributed by atoms with Gasteiger partial charge in [-0.3, -0.25) is 4.79 Å². The molecule has 0 aliphatic carbocycles. The minimum absolute atomic E-state index is 0.0191. The molecular weight excluding hydrogens is 263 g/mol. The van der Waals surface area contributed by atoms with E-state index >= 15 is 0 Å². The number of carbonyl (C=O) groups is 1. The number of thioether (sulfide) groups is 1. The molecule has 0 aliphatic heterocycles. The molecule has 0 radical (unpaired) electrons. The van der Waals surface area contributed by atoms with Crippen LogP contribution in [-0.4, -0.2) is 17.7 Å². The molecule has 0 spiro atoms. The first-order valence-corrected chi connectivity index (χ1v) is 7.27. The van der Waals surface area contributed by atoms with Gasteiger partial charge in [-0.05, 0) is 37.5 Å². The van der Waals surface area contributed by atoms with Crippen molar-refractivity contribution >= 4 is 23.4 Å². The third-order valence-corrected chi connectivity index (χ3v) is 3.86. The fraction of sp³-hybridized carbons (Fsp3) is 0.500. The lowest BCUT2D eigenvalue weighted by atomic mass is 10.1. The van der Waals surface area contributed by atoms with Gasteiger partial charge in [0.1, 0.15) is 5.82 Å². The van der Waals surface area contributed by atoms with Gasteiger partial charge in [0.25, 0.3) is 0 Å². The molecule has 106 valence electrons. The second kappa shape index (κ2) is 7.38. The Morgan fingerprint density at radius 1 is 1.42 bits per heavy atom. The van der Waals surface area contributed by atoms with Crippen molar-refractivity contribution in [3.8, 4) is 0 Å². The first kappa shape index (κ1) is 15.8. The van der Waals surface area contributed by atoms with Gasteiger partial charge in [0, 0.05) is 17.1 Å². The average molecular weight is 284 g/mol. The van der Waals surface area contributed by atoms with E-state index < -0.39 is 0 Å². The predicted octanol–water partition coefficient (Wildman–Crippen LogP) is 3.05. The molecule has 5 heteroatoms. The first-order valence-electron chi connectivity index (χ1n) is 6.39. The normalized spacial score (nSPS) is 12.5. The zero-order chi connectivity index (χ0) is 14.4. The smallest absolute Gasteiger partial charge is 0.233 e. The van der Waals surface area contributed by atoms with Crippen LogP contribution in [-0.2, 0) is 4.79 Å². The van der Waals surface area contributed by atoms with Crippen LogP contribution in [0, 0.1) is 11.7 Å². The standard InChI is InChI=1S/C14H21FN2OS/c1-9(2)6-7-17-14(18)10(3)19-13-5-4-11(15)8-12(13)16/h4-5,8-10H,6-7,16H2,1-3H3,(H,17,18). The van der Waals surface area contributed by atoms with Crippen LogP contribution < -0.4 is 11.1 Å². The maximum Gasteiger partial charge on any atom is 0.233 e. The SMILES string of the molecule is CC(C)CCNC(=O)C(C)Sc1ccc(F)cc1N. The van der Waals surface area contributed by atoms with E-state index in [9.17, 15) is 9.18 Å². The Kier molecular flexibility index (Phi) is 6.15. The van der Waals surface area contributed by atoms with E-state index in [1.807, 2.05) is 6.92 Å². The van der Waals surface area contributed by atoms with Crippen LogP contribution in [0.4, 0.5) is 10.1 Å². The molecule has 0 heterocycles. The van der Waals surface area contributed by atoms with Gasteiger partial charge in [0.15, 0.2) is 0 Å². The third kappa shape index (κ3) is 5.51. The van der Waals surface area contributed by atoms with E-state index in [1.54, 1.807) is 6.07 Å². The number of hydrogen-bond acceptors (Lipinski definition) is 3. The number of rotatable bonds is 6. The molecule has 0 aliphatic rings. The Morgan fingerprint density at radius 3 is 2.68 bits per heavy atom. The van der Waals surface area contributed by atoms with Crippen LogP contribution in [0.5, 0.6) is 0 Å². The van der Waals surface area contributed by atoms with E-state index in [0.29, 0.717) is 18.2 Å². The number of nitrogen functional groups attached to an aromatic ring is 1. The topological polar surface area (TPSA) is 55.1 Å². The lowest BCUT2D eigenvalue weighted by Gasteiger charge is -2.14. The highest BCUT2D eigenvalue weighted by Crippen LogP contribution is 2.29. The Balaban J connectivity index is 2.49. The predicted molar refractivity (Wildman–Crippen MR) is 78.6 cm³/mol. The highest BCUT2D eigenvalue weighted by molar-refractivity contribution is 8.00. The molecule has 19 heavy (non-hydrogen) atoms. The van der Waals surface area contributed by atoms with Crippen molar-refractivity contribution < 1.29 is 9.18 Å². The quantitative estimate of drug-likeness (QED) is 0.623. The van der Waals surface area contributed by atoms with Crippen LogP contribution in [0.1, 0.15) is 27.2 Å². The molecule has 1 amide bonds. The summed E-state index contributed by atoms with van der Waals surface area (Å²) in [5.41, 5.74) is 6.08. The summed E-state index contributed by atoms with van der Waals surface area (Å²) in [6.07, 6.45) is 0.960. The fourth-order valence-corrected chi connectivity index (χ4v) is 2.41. The molecule has 3 nitrogen and oxygen atoms in total. The van der Waals surface area contributed by atoms with E-state index in [0.717, 1.165) is 11.3 Å². The number of amides is 1. The number of halogens is 1. The third-order valence-electron chi connectivity index (χ3n) is 2.67. The van der Waals surface area contributed by atoms with Crippen molar-refractivity contribution in [2.45, 2.75) is 37.3 Å². The fourth-order valence-electron chi connectivity index (χ4n) is 1.50. The van der Waals surface area contributed by atoms with Gasteiger partial charge >= 0.3 is 0 Å². The molecule has 0 fully saturated rings. The molecule has 1 atom stereocenters. The van der Waals surface area contributed by atoms with Crippen molar-refractivity contribution in [1.82, 2.24) is 5.32 Å². The highest BCUT2D eigenvalue weighted by Gasteiger charge is 2.15. The zero-order valence-electron chi connectivity index (χ0n) is 11.6. The van der Waals surface area contributed by atoms with E-state index in [-0.39, 0.29) is 17.0 Å². The summed E-state index contributed by atoms with van der Waals surface area (Å²) in [5.74, 6) is 0.182. The van der Waals surface area contributed by atoms with E-state index in [2.05, 4.69) is 19.2 Å². The van der Waals surface area contributed by atoms with Crippen LogP contribution in [0.3, 0.4) is 0 Å².